The minimum absolute atomic E-state index is 0.792. The first-order chi connectivity index (χ1) is 7.81. The Morgan fingerprint density at radius 3 is 2.50 bits per heavy atom. The van der Waals surface area contributed by atoms with E-state index in [0.29, 0.717) is 0 Å². The Balaban J connectivity index is 2.31. The third-order valence-corrected chi connectivity index (χ3v) is 4.17. The summed E-state index contributed by atoms with van der Waals surface area (Å²) in [6.07, 6.45) is 9.68. The second-order valence-electron chi connectivity index (χ2n) is 5.19. The summed E-state index contributed by atoms with van der Waals surface area (Å²) in [6.45, 7) is 7.00. The molecule has 16 heavy (non-hydrogen) atoms. The van der Waals surface area contributed by atoms with Crippen molar-refractivity contribution in [2.24, 2.45) is 5.92 Å². The highest BCUT2D eigenvalue weighted by atomic mass is 35.5. The van der Waals surface area contributed by atoms with Gasteiger partial charge in [-0.2, -0.15) is 0 Å². The molecule has 2 heteroatoms. The summed E-state index contributed by atoms with van der Waals surface area (Å²) in [7, 11) is 0. The number of hydrogen-bond acceptors (Lipinski definition) is 1. The van der Waals surface area contributed by atoms with E-state index in [0.717, 1.165) is 24.4 Å². The van der Waals surface area contributed by atoms with Gasteiger partial charge in [-0.1, -0.05) is 39.5 Å². The largest absolute Gasteiger partial charge is 0.299 e. The lowest BCUT2D eigenvalue weighted by atomic mass is 9.89. The lowest BCUT2D eigenvalue weighted by Crippen LogP contribution is -2.43. The molecule has 0 aromatic heterocycles. The first-order valence-electron chi connectivity index (χ1n) is 7.11. The maximum absolute atomic E-state index is 5.91. The van der Waals surface area contributed by atoms with E-state index < -0.39 is 0 Å². The third-order valence-electron chi connectivity index (χ3n) is 4.00. The number of unbranched alkanes of at least 4 members (excludes halogenated alkanes) is 1. The highest BCUT2D eigenvalue weighted by molar-refractivity contribution is 6.18. The van der Waals surface area contributed by atoms with E-state index in [1.54, 1.807) is 0 Å². The second kappa shape index (κ2) is 8.36. The van der Waals surface area contributed by atoms with E-state index in [1.807, 2.05) is 0 Å². The lowest BCUT2D eigenvalue weighted by molar-refractivity contribution is 0.110. The monoisotopic (exact) mass is 245 g/mol. The zero-order valence-corrected chi connectivity index (χ0v) is 11.8. The molecule has 0 N–H and O–H groups in total. The predicted molar refractivity (Wildman–Crippen MR) is 73.2 cm³/mol. The molecule has 0 saturated heterocycles. The topological polar surface area (TPSA) is 3.24 Å². The average molecular weight is 246 g/mol. The predicted octanol–water partition coefficient (Wildman–Crippen LogP) is 4.30. The van der Waals surface area contributed by atoms with Gasteiger partial charge in [0.05, 0.1) is 0 Å². The van der Waals surface area contributed by atoms with Crippen LogP contribution in [0.1, 0.15) is 58.8 Å². The van der Waals surface area contributed by atoms with Crippen molar-refractivity contribution in [2.75, 3.05) is 19.0 Å². The molecule has 96 valence electrons. The van der Waals surface area contributed by atoms with Gasteiger partial charge in [0.1, 0.15) is 0 Å². The highest BCUT2D eigenvalue weighted by Crippen LogP contribution is 2.26. The Labute approximate surface area is 107 Å². The van der Waals surface area contributed by atoms with Gasteiger partial charge in [0, 0.05) is 25.0 Å². The Kier molecular flexibility index (Phi) is 7.47. The summed E-state index contributed by atoms with van der Waals surface area (Å²) in [5.74, 6) is 1.68. The van der Waals surface area contributed by atoms with Crippen LogP contribution in [-0.2, 0) is 0 Å². The summed E-state index contributed by atoms with van der Waals surface area (Å²) in [4.78, 5) is 2.65. The molecule has 1 saturated carbocycles. The Bertz CT molecular complexity index is 168. The van der Waals surface area contributed by atoms with Crippen LogP contribution in [0, 0.1) is 5.92 Å². The Morgan fingerprint density at radius 1 is 1.31 bits per heavy atom. The second-order valence-corrected chi connectivity index (χ2v) is 5.56. The maximum atomic E-state index is 5.91. The first-order valence-corrected chi connectivity index (χ1v) is 7.65. The van der Waals surface area contributed by atoms with Crippen molar-refractivity contribution in [1.29, 1.82) is 0 Å². The lowest BCUT2D eigenvalue weighted by Gasteiger charge is -2.39. The fraction of sp³-hybridized carbons (Fsp3) is 1.00. The molecule has 1 nitrogen and oxygen atoms in total. The molecule has 1 aliphatic rings. The van der Waals surface area contributed by atoms with Crippen LogP contribution >= 0.6 is 11.6 Å². The van der Waals surface area contributed by atoms with Gasteiger partial charge in [-0.25, -0.2) is 0 Å². The standard InChI is InChI=1S/C14H28ClN/c1-3-5-7-13(4-2)12-16(11-10-15)14-8-6-9-14/h13-14H,3-12H2,1-2H3. The average Bonchev–Trinajstić information content (AvgIpc) is 2.21. The number of rotatable bonds is 9. The highest BCUT2D eigenvalue weighted by Gasteiger charge is 2.25. The van der Waals surface area contributed by atoms with E-state index in [9.17, 15) is 0 Å². The van der Waals surface area contributed by atoms with Crippen molar-refractivity contribution in [2.45, 2.75) is 64.8 Å². The molecule has 1 rings (SSSR count). The van der Waals surface area contributed by atoms with Crippen molar-refractivity contribution >= 4 is 11.6 Å². The van der Waals surface area contributed by atoms with Gasteiger partial charge in [0.25, 0.3) is 0 Å². The van der Waals surface area contributed by atoms with Crippen molar-refractivity contribution in [1.82, 2.24) is 4.90 Å². The molecular weight excluding hydrogens is 218 g/mol. The smallest absolute Gasteiger partial charge is 0.0351 e. The van der Waals surface area contributed by atoms with Crippen molar-refractivity contribution in [3.8, 4) is 0 Å². The summed E-state index contributed by atoms with van der Waals surface area (Å²) < 4.78 is 0. The normalized spacial score (nSPS) is 18.8. The molecule has 0 aromatic rings. The quantitative estimate of drug-likeness (QED) is 0.548. The van der Waals surface area contributed by atoms with Crippen LogP contribution in [0.4, 0.5) is 0 Å². The van der Waals surface area contributed by atoms with E-state index in [2.05, 4.69) is 18.7 Å². The molecule has 1 atom stereocenters. The van der Waals surface area contributed by atoms with Crippen LogP contribution in [0.5, 0.6) is 0 Å². The van der Waals surface area contributed by atoms with E-state index in [-0.39, 0.29) is 0 Å². The molecule has 0 bridgehead atoms. The van der Waals surface area contributed by atoms with Crippen molar-refractivity contribution < 1.29 is 0 Å². The molecule has 1 aliphatic carbocycles. The first kappa shape index (κ1) is 14.3. The molecule has 0 heterocycles. The van der Waals surface area contributed by atoms with Gasteiger partial charge in [-0.15, -0.1) is 11.6 Å². The van der Waals surface area contributed by atoms with E-state index >= 15 is 0 Å². The molecule has 0 radical (unpaired) electrons. The van der Waals surface area contributed by atoms with Gasteiger partial charge >= 0.3 is 0 Å². The Morgan fingerprint density at radius 2 is 2.06 bits per heavy atom. The summed E-state index contributed by atoms with van der Waals surface area (Å²) in [6, 6.07) is 0.856. The Hall–Kier alpha value is 0.250. The number of alkyl halides is 1. The summed E-state index contributed by atoms with van der Waals surface area (Å²) in [5, 5.41) is 0. The zero-order chi connectivity index (χ0) is 11.8. The van der Waals surface area contributed by atoms with Gasteiger partial charge in [0.15, 0.2) is 0 Å². The fourth-order valence-corrected chi connectivity index (χ4v) is 2.75. The van der Waals surface area contributed by atoms with Crippen LogP contribution in [0.25, 0.3) is 0 Å². The minimum Gasteiger partial charge on any atom is -0.299 e. The van der Waals surface area contributed by atoms with Crippen molar-refractivity contribution in [3.63, 3.8) is 0 Å². The molecule has 0 aromatic carbocycles. The van der Waals surface area contributed by atoms with Crippen LogP contribution < -0.4 is 0 Å². The maximum Gasteiger partial charge on any atom is 0.0351 e. The number of hydrogen-bond donors (Lipinski definition) is 0. The van der Waals surface area contributed by atoms with Gasteiger partial charge in [0.2, 0.25) is 0 Å². The van der Waals surface area contributed by atoms with Crippen LogP contribution in [0.3, 0.4) is 0 Å². The zero-order valence-electron chi connectivity index (χ0n) is 11.1. The molecule has 1 unspecified atom stereocenters. The van der Waals surface area contributed by atoms with Gasteiger partial charge in [-0.3, -0.25) is 4.90 Å². The molecule has 0 spiro atoms. The number of nitrogens with zero attached hydrogens (tertiary/aromatic N) is 1. The molecule has 0 amide bonds. The SMILES string of the molecule is CCCCC(CC)CN(CCCl)C1CCC1. The van der Waals surface area contributed by atoms with E-state index in [4.69, 9.17) is 11.6 Å². The molecule has 1 fully saturated rings. The molecular formula is C14H28ClN. The third kappa shape index (κ3) is 4.63. The van der Waals surface area contributed by atoms with Crippen molar-refractivity contribution in [3.05, 3.63) is 0 Å². The van der Waals surface area contributed by atoms with Crippen LogP contribution in [0.2, 0.25) is 0 Å². The van der Waals surface area contributed by atoms with E-state index in [1.165, 1.54) is 51.5 Å². The van der Waals surface area contributed by atoms with Crippen LogP contribution in [-0.4, -0.2) is 29.9 Å². The van der Waals surface area contributed by atoms with Crippen LogP contribution in [0.15, 0.2) is 0 Å². The number of halogens is 1. The van der Waals surface area contributed by atoms with Gasteiger partial charge < -0.3 is 0 Å². The minimum atomic E-state index is 0.792. The molecule has 0 aliphatic heterocycles. The summed E-state index contributed by atoms with van der Waals surface area (Å²) in [5.41, 5.74) is 0. The summed E-state index contributed by atoms with van der Waals surface area (Å²) >= 11 is 5.91. The van der Waals surface area contributed by atoms with Gasteiger partial charge in [-0.05, 0) is 25.2 Å². The fourth-order valence-electron chi connectivity index (χ4n) is 2.53.